The maximum atomic E-state index is 12.6. The summed E-state index contributed by atoms with van der Waals surface area (Å²) in [5, 5.41) is 0. The predicted molar refractivity (Wildman–Crippen MR) is 74.2 cm³/mol. The number of nitrogens with two attached hydrogens (primary N) is 1. The Morgan fingerprint density at radius 1 is 1.17 bits per heavy atom. The molecule has 0 radical (unpaired) electrons. The molecule has 18 heavy (non-hydrogen) atoms. The highest BCUT2D eigenvalue weighted by Crippen LogP contribution is 2.29. The second-order valence-electron chi connectivity index (χ2n) is 6.21. The second kappa shape index (κ2) is 6.05. The van der Waals surface area contributed by atoms with E-state index in [1.54, 1.807) is 0 Å². The van der Waals surface area contributed by atoms with Crippen molar-refractivity contribution >= 4 is 5.91 Å². The van der Waals surface area contributed by atoms with Gasteiger partial charge in [-0.15, -0.1) is 0 Å². The molecule has 1 aliphatic heterocycles. The number of hydrogen-bond donors (Lipinski definition) is 1. The third kappa shape index (κ3) is 3.05. The zero-order chi connectivity index (χ0) is 13.0. The van der Waals surface area contributed by atoms with Gasteiger partial charge in [0.25, 0.3) is 0 Å². The summed E-state index contributed by atoms with van der Waals surface area (Å²) in [5.41, 5.74) is 5.82. The molecule has 3 nitrogen and oxygen atoms in total. The van der Waals surface area contributed by atoms with E-state index in [9.17, 15) is 4.79 Å². The van der Waals surface area contributed by atoms with Crippen LogP contribution in [0.4, 0.5) is 0 Å². The molecule has 1 aliphatic carbocycles. The van der Waals surface area contributed by atoms with Crippen LogP contribution in [-0.4, -0.2) is 29.4 Å². The van der Waals surface area contributed by atoms with Gasteiger partial charge in [-0.2, -0.15) is 0 Å². The lowest BCUT2D eigenvalue weighted by Gasteiger charge is -2.36. The molecule has 1 heterocycles. The summed E-state index contributed by atoms with van der Waals surface area (Å²) < 4.78 is 0. The van der Waals surface area contributed by atoms with Crippen LogP contribution in [0.5, 0.6) is 0 Å². The molecule has 0 aromatic carbocycles. The van der Waals surface area contributed by atoms with Crippen LogP contribution in [0, 0.1) is 5.92 Å². The number of likely N-dealkylation sites (tertiary alicyclic amines) is 1. The molecule has 0 bridgehead atoms. The van der Waals surface area contributed by atoms with Crippen molar-refractivity contribution in [3.05, 3.63) is 0 Å². The molecule has 1 amide bonds. The summed E-state index contributed by atoms with van der Waals surface area (Å²) in [5.74, 6) is 1.04. The first-order chi connectivity index (χ1) is 8.65. The molecule has 104 valence electrons. The minimum atomic E-state index is -0.537. The monoisotopic (exact) mass is 252 g/mol. The van der Waals surface area contributed by atoms with Gasteiger partial charge in [0.15, 0.2) is 0 Å². The third-order valence-electron chi connectivity index (χ3n) is 4.88. The zero-order valence-corrected chi connectivity index (χ0v) is 11.8. The Morgan fingerprint density at radius 2 is 1.89 bits per heavy atom. The van der Waals surface area contributed by atoms with Gasteiger partial charge in [0.2, 0.25) is 5.91 Å². The summed E-state index contributed by atoms with van der Waals surface area (Å²) in [4.78, 5) is 14.7. The van der Waals surface area contributed by atoms with Crippen LogP contribution in [-0.2, 0) is 4.79 Å². The highest BCUT2D eigenvalue weighted by Gasteiger charge is 2.38. The van der Waals surface area contributed by atoms with E-state index in [2.05, 4.69) is 11.8 Å². The summed E-state index contributed by atoms with van der Waals surface area (Å²) in [7, 11) is 0. The van der Waals surface area contributed by atoms with Gasteiger partial charge in [0, 0.05) is 13.1 Å². The average molecular weight is 252 g/mol. The summed E-state index contributed by atoms with van der Waals surface area (Å²) >= 11 is 0. The van der Waals surface area contributed by atoms with Crippen LogP contribution >= 0.6 is 0 Å². The van der Waals surface area contributed by atoms with E-state index in [-0.39, 0.29) is 5.91 Å². The Labute approximate surface area is 111 Å². The van der Waals surface area contributed by atoms with Crippen molar-refractivity contribution < 1.29 is 4.79 Å². The maximum absolute atomic E-state index is 12.6. The second-order valence-corrected chi connectivity index (χ2v) is 6.21. The van der Waals surface area contributed by atoms with Gasteiger partial charge in [0.1, 0.15) is 0 Å². The molecule has 3 heteroatoms. The Morgan fingerprint density at radius 3 is 2.56 bits per heavy atom. The molecule has 0 spiro atoms. The van der Waals surface area contributed by atoms with E-state index in [4.69, 9.17) is 5.73 Å². The Balaban J connectivity index is 1.95. The van der Waals surface area contributed by atoms with Crippen molar-refractivity contribution in [2.45, 2.75) is 70.3 Å². The number of rotatable bonds is 2. The molecule has 2 aliphatic rings. The van der Waals surface area contributed by atoms with Crippen LogP contribution in [0.3, 0.4) is 0 Å². The van der Waals surface area contributed by atoms with Crippen LogP contribution in [0.25, 0.3) is 0 Å². The standard InChI is InChI=1S/C15H28N2O/c1-2-13-7-6-11-17(12-8-13)14(18)15(16)9-4-3-5-10-15/h13H,2-12,16H2,1H3. The van der Waals surface area contributed by atoms with E-state index in [1.165, 1.54) is 25.7 Å². The van der Waals surface area contributed by atoms with Gasteiger partial charge < -0.3 is 10.6 Å². The summed E-state index contributed by atoms with van der Waals surface area (Å²) in [6.45, 7) is 4.11. The summed E-state index contributed by atoms with van der Waals surface area (Å²) in [6, 6.07) is 0. The smallest absolute Gasteiger partial charge is 0.242 e. The largest absolute Gasteiger partial charge is 0.341 e. The lowest BCUT2D eigenvalue weighted by Crippen LogP contribution is -2.56. The molecule has 1 atom stereocenters. The molecular formula is C15H28N2O. The molecule has 0 aromatic heterocycles. The zero-order valence-electron chi connectivity index (χ0n) is 11.8. The molecule has 1 saturated heterocycles. The quantitative estimate of drug-likeness (QED) is 0.821. The van der Waals surface area contributed by atoms with Crippen LogP contribution in [0.1, 0.15) is 64.7 Å². The minimum Gasteiger partial charge on any atom is -0.341 e. The number of carbonyl (C=O) groups excluding carboxylic acids is 1. The molecule has 0 aromatic rings. The van der Waals surface area contributed by atoms with Gasteiger partial charge in [0.05, 0.1) is 5.54 Å². The highest BCUT2D eigenvalue weighted by atomic mass is 16.2. The van der Waals surface area contributed by atoms with E-state index in [1.807, 2.05) is 0 Å². The lowest BCUT2D eigenvalue weighted by atomic mass is 9.81. The number of carbonyl (C=O) groups is 1. The SMILES string of the molecule is CCC1CCCN(C(=O)C2(N)CCCCC2)CC1. The van der Waals surface area contributed by atoms with E-state index >= 15 is 0 Å². The van der Waals surface area contributed by atoms with Crippen LogP contribution < -0.4 is 5.73 Å². The van der Waals surface area contributed by atoms with Crippen molar-refractivity contribution in [2.24, 2.45) is 11.7 Å². The topological polar surface area (TPSA) is 46.3 Å². The van der Waals surface area contributed by atoms with Crippen LogP contribution in [0.15, 0.2) is 0 Å². The molecular weight excluding hydrogens is 224 g/mol. The highest BCUT2D eigenvalue weighted by molar-refractivity contribution is 5.86. The molecule has 2 rings (SSSR count). The lowest BCUT2D eigenvalue weighted by molar-refractivity contribution is -0.138. The molecule has 2 fully saturated rings. The van der Waals surface area contributed by atoms with E-state index < -0.39 is 5.54 Å². The van der Waals surface area contributed by atoms with Crippen molar-refractivity contribution in [1.29, 1.82) is 0 Å². The van der Waals surface area contributed by atoms with Gasteiger partial charge in [-0.05, 0) is 38.0 Å². The first-order valence-electron chi connectivity index (χ1n) is 7.74. The van der Waals surface area contributed by atoms with Crippen molar-refractivity contribution in [3.63, 3.8) is 0 Å². The number of amides is 1. The molecule has 2 N–H and O–H groups in total. The number of nitrogens with zero attached hydrogens (tertiary/aromatic N) is 1. The van der Waals surface area contributed by atoms with Gasteiger partial charge in [-0.1, -0.05) is 32.6 Å². The fourth-order valence-electron chi connectivity index (χ4n) is 3.49. The Kier molecular flexibility index (Phi) is 4.66. The third-order valence-corrected chi connectivity index (χ3v) is 4.88. The average Bonchev–Trinajstić information content (AvgIpc) is 2.64. The first-order valence-corrected chi connectivity index (χ1v) is 7.74. The van der Waals surface area contributed by atoms with Crippen molar-refractivity contribution in [2.75, 3.05) is 13.1 Å². The van der Waals surface area contributed by atoms with Crippen molar-refractivity contribution in [1.82, 2.24) is 4.90 Å². The van der Waals surface area contributed by atoms with E-state index in [0.717, 1.165) is 51.1 Å². The normalized spacial score (nSPS) is 28.8. The predicted octanol–water partition coefficient (Wildman–Crippen LogP) is 2.69. The van der Waals surface area contributed by atoms with Gasteiger partial charge in [-0.3, -0.25) is 4.79 Å². The first kappa shape index (κ1) is 13.9. The minimum absolute atomic E-state index is 0.235. The maximum Gasteiger partial charge on any atom is 0.242 e. The molecule has 1 saturated carbocycles. The fraction of sp³-hybridized carbons (Fsp3) is 0.933. The van der Waals surface area contributed by atoms with E-state index in [0.29, 0.717) is 0 Å². The van der Waals surface area contributed by atoms with Gasteiger partial charge >= 0.3 is 0 Å². The van der Waals surface area contributed by atoms with Crippen LogP contribution in [0.2, 0.25) is 0 Å². The Hall–Kier alpha value is -0.570. The number of hydrogen-bond acceptors (Lipinski definition) is 2. The van der Waals surface area contributed by atoms with Crippen molar-refractivity contribution in [3.8, 4) is 0 Å². The Bertz CT molecular complexity index is 284. The fourth-order valence-corrected chi connectivity index (χ4v) is 3.49. The summed E-state index contributed by atoms with van der Waals surface area (Å²) in [6.07, 6.45) is 10.1. The molecule has 1 unspecified atom stereocenters. The van der Waals surface area contributed by atoms with Gasteiger partial charge in [-0.25, -0.2) is 0 Å².